The SMILES string of the molecule is CCC1OC(OC)[C@H](N=[N+]=[N-])[C@@H](OCc2ccccc2)C1O[C@H]1O[C@@H](CC)[C@@H](OC2OC(COC(=O)c3ccccc3)C(OC)[C@H](OCc3ccccc3)[C@H]2N=[N+]=[N-])C(OCc2ccccc2)C1OC(=O)c1ccccc1. The third-order valence-corrected chi connectivity index (χ3v) is 13.6. The Morgan fingerprint density at radius 3 is 1.34 bits per heavy atom. The van der Waals surface area contributed by atoms with E-state index in [1.165, 1.54) is 14.2 Å². The van der Waals surface area contributed by atoms with Crippen LogP contribution in [-0.2, 0) is 76.7 Å². The minimum atomic E-state index is -1.45. The largest absolute Gasteiger partial charge is 0.459 e. The van der Waals surface area contributed by atoms with Gasteiger partial charge in [0.25, 0.3) is 0 Å². The van der Waals surface area contributed by atoms with Gasteiger partial charge in [-0.05, 0) is 64.9 Å². The van der Waals surface area contributed by atoms with E-state index in [0.29, 0.717) is 12.0 Å². The fourth-order valence-electron chi connectivity index (χ4n) is 9.74. The van der Waals surface area contributed by atoms with Crippen molar-refractivity contribution in [3.63, 3.8) is 0 Å². The molecule has 20 heteroatoms. The molecule has 3 saturated heterocycles. The van der Waals surface area contributed by atoms with Crippen LogP contribution in [0.25, 0.3) is 20.9 Å². The lowest BCUT2D eigenvalue weighted by atomic mass is 9.93. The predicted octanol–water partition coefficient (Wildman–Crippen LogP) is 9.61. The van der Waals surface area contributed by atoms with Gasteiger partial charge in [0.05, 0.1) is 43.2 Å². The molecule has 20 nitrogen and oxygen atoms in total. The molecular formula is C57H64N6O14. The van der Waals surface area contributed by atoms with Crippen molar-refractivity contribution >= 4 is 11.9 Å². The summed E-state index contributed by atoms with van der Waals surface area (Å²) in [6.07, 6.45) is -13.8. The van der Waals surface area contributed by atoms with Gasteiger partial charge in [0.1, 0.15) is 61.4 Å². The van der Waals surface area contributed by atoms with Crippen LogP contribution < -0.4 is 0 Å². The van der Waals surface area contributed by atoms with Crippen LogP contribution in [0.5, 0.6) is 0 Å². The highest BCUT2D eigenvalue weighted by molar-refractivity contribution is 5.89. The first-order chi connectivity index (χ1) is 37.8. The zero-order valence-electron chi connectivity index (χ0n) is 43.2. The van der Waals surface area contributed by atoms with Gasteiger partial charge < -0.3 is 56.8 Å². The van der Waals surface area contributed by atoms with E-state index in [1.54, 1.807) is 60.7 Å². The first kappa shape index (κ1) is 56.5. The Kier molecular flexibility index (Phi) is 21.0. The molecule has 5 aromatic rings. The van der Waals surface area contributed by atoms with E-state index in [2.05, 4.69) is 20.1 Å². The van der Waals surface area contributed by atoms with Crippen molar-refractivity contribution in [3.8, 4) is 0 Å². The molecule has 406 valence electrons. The summed E-state index contributed by atoms with van der Waals surface area (Å²) in [6.45, 7) is 3.62. The van der Waals surface area contributed by atoms with E-state index in [9.17, 15) is 20.7 Å². The molecular weight excluding hydrogens is 993 g/mol. The summed E-state index contributed by atoms with van der Waals surface area (Å²) < 4.78 is 78.7. The van der Waals surface area contributed by atoms with E-state index in [0.717, 1.165) is 16.7 Å². The summed E-state index contributed by atoms with van der Waals surface area (Å²) in [5.74, 6) is -1.34. The van der Waals surface area contributed by atoms with Gasteiger partial charge in [0.2, 0.25) is 0 Å². The molecule has 77 heavy (non-hydrogen) atoms. The van der Waals surface area contributed by atoms with Gasteiger partial charge in [-0.25, -0.2) is 9.59 Å². The topological polar surface area (TPSA) is 242 Å². The number of benzene rings is 5. The molecule has 0 N–H and O–H groups in total. The maximum absolute atomic E-state index is 14.5. The summed E-state index contributed by atoms with van der Waals surface area (Å²) in [5.41, 5.74) is 23.1. The first-order valence-corrected chi connectivity index (χ1v) is 25.6. The van der Waals surface area contributed by atoms with Crippen LogP contribution in [-0.4, -0.2) is 125 Å². The lowest BCUT2D eigenvalue weighted by molar-refractivity contribution is -0.369. The minimum absolute atomic E-state index is 0.00670. The van der Waals surface area contributed by atoms with E-state index < -0.39 is 104 Å². The summed E-state index contributed by atoms with van der Waals surface area (Å²) >= 11 is 0. The van der Waals surface area contributed by atoms with Crippen LogP contribution in [0.3, 0.4) is 0 Å². The minimum Gasteiger partial charge on any atom is -0.459 e. The Hall–Kier alpha value is -6.74. The molecule has 15 atom stereocenters. The highest BCUT2D eigenvalue weighted by Gasteiger charge is 2.57. The lowest BCUT2D eigenvalue weighted by Crippen LogP contribution is -2.67. The molecule has 3 aliphatic heterocycles. The quantitative estimate of drug-likeness (QED) is 0.0242. The number of methoxy groups -OCH3 is 2. The van der Waals surface area contributed by atoms with E-state index in [-0.39, 0.29) is 38.4 Å². The number of hydrogen-bond donors (Lipinski definition) is 0. The standard InChI is InChI=1S/C57H64N6O14/c1-5-41-47(50(44(60-62-58)55(67-4)72-41)69-33-37-24-14-8-15-25-37)77-57-52(75-54(65)40-30-20-11-21-31-40)51(70-34-38-26-16-9-17-27-38)48(42(6-2)73-57)76-56-45(61-63-59)49(68-32-36-22-12-7-13-23-36)46(66-3)43(74-56)35-71-53(64)39-28-18-10-19-29-39/h7-31,41-52,55-57H,5-6,32-35H2,1-4H3/t41?,42-,43?,44+,45+,46?,47?,48+,49+,50+,51?,52?,55?,56?,57+/m0/s1. The fraction of sp³-hybridized carbons (Fsp3) is 0.439. The molecule has 0 aromatic heterocycles. The fourth-order valence-corrected chi connectivity index (χ4v) is 9.74. The zero-order chi connectivity index (χ0) is 53.9. The average molecular weight is 1060 g/mol. The number of carbonyl (C=O) groups excluding carboxylic acids is 2. The molecule has 3 aliphatic rings. The molecule has 8 unspecified atom stereocenters. The van der Waals surface area contributed by atoms with Crippen molar-refractivity contribution in [2.75, 3.05) is 20.8 Å². The van der Waals surface area contributed by atoms with Crippen molar-refractivity contribution in [1.29, 1.82) is 0 Å². The lowest BCUT2D eigenvalue weighted by Gasteiger charge is -2.51. The summed E-state index contributed by atoms with van der Waals surface area (Å²) in [6, 6.07) is 42.9. The Balaban J connectivity index is 1.20. The van der Waals surface area contributed by atoms with Crippen molar-refractivity contribution in [1.82, 2.24) is 0 Å². The molecule has 3 heterocycles. The van der Waals surface area contributed by atoms with Crippen LogP contribution in [0, 0.1) is 0 Å². The first-order valence-electron chi connectivity index (χ1n) is 25.6. The Morgan fingerprint density at radius 2 is 0.870 bits per heavy atom. The second kappa shape index (κ2) is 28.6. The number of esters is 2. The van der Waals surface area contributed by atoms with Gasteiger partial charge in [0.15, 0.2) is 25.0 Å². The Bertz CT molecular complexity index is 2690. The number of azide groups is 2. The summed E-state index contributed by atoms with van der Waals surface area (Å²) in [7, 11) is 2.91. The van der Waals surface area contributed by atoms with Gasteiger partial charge in [-0.15, -0.1) is 0 Å². The van der Waals surface area contributed by atoms with Gasteiger partial charge in [-0.3, -0.25) is 0 Å². The molecule has 5 aromatic carbocycles. The molecule has 0 saturated carbocycles. The van der Waals surface area contributed by atoms with Gasteiger partial charge in [0, 0.05) is 24.0 Å². The second-order valence-corrected chi connectivity index (χ2v) is 18.5. The Labute approximate surface area is 446 Å². The Morgan fingerprint density at radius 1 is 0.468 bits per heavy atom. The maximum atomic E-state index is 14.5. The number of rotatable bonds is 24. The molecule has 0 spiro atoms. The number of nitrogens with zero attached hydrogens (tertiary/aromatic N) is 6. The molecule has 3 fully saturated rings. The highest BCUT2D eigenvalue weighted by atomic mass is 16.8. The van der Waals surface area contributed by atoms with Gasteiger partial charge in [-0.2, -0.15) is 0 Å². The van der Waals surface area contributed by atoms with E-state index in [1.807, 2.05) is 105 Å². The van der Waals surface area contributed by atoms with Gasteiger partial charge >= 0.3 is 11.9 Å². The molecule has 0 radical (unpaired) electrons. The van der Waals surface area contributed by atoms with Crippen molar-refractivity contribution in [2.45, 2.75) is 139 Å². The number of carbonyl (C=O) groups is 2. The molecule has 0 bridgehead atoms. The van der Waals surface area contributed by atoms with Crippen molar-refractivity contribution in [2.24, 2.45) is 10.2 Å². The van der Waals surface area contributed by atoms with Crippen molar-refractivity contribution in [3.05, 3.63) is 200 Å². The summed E-state index contributed by atoms with van der Waals surface area (Å²) in [5, 5.41) is 8.33. The van der Waals surface area contributed by atoms with Crippen LogP contribution in [0.15, 0.2) is 162 Å². The van der Waals surface area contributed by atoms with E-state index in [4.69, 9.17) is 56.8 Å². The van der Waals surface area contributed by atoms with Crippen LogP contribution in [0.4, 0.5) is 0 Å². The van der Waals surface area contributed by atoms with Crippen LogP contribution in [0.1, 0.15) is 64.1 Å². The zero-order valence-corrected chi connectivity index (χ0v) is 43.2. The second-order valence-electron chi connectivity index (χ2n) is 18.5. The van der Waals surface area contributed by atoms with E-state index >= 15 is 0 Å². The molecule has 0 aliphatic carbocycles. The molecule has 8 rings (SSSR count). The third kappa shape index (κ3) is 14.4. The predicted molar refractivity (Wildman–Crippen MR) is 277 cm³/mol. The summed E-state index contributed by atoms with van der Waals surface area (Å²) in [4.78, 5) is 34.3. The number of hydrogen-bond acceptors (Lipinski definition) is 16. The highest BCUT2D eigenvalue weighted by Crippen LogP contribution is 2.39. The van der Waals surface area contributed by atoms with Crippen LogP contribution >= 0.6 is 0 Å². The monoisotopic (exact) mass is 1060 g/mol. The molecule has 0 amide bonds. The van der Waals surface area contributed by atoms with Crippen LogP contribution in [0.2, 0.25) is 0 Å². The number of ether oxygens (including phenoxy) is 12. The third-order valence-electron chi connectivity index (χ3n) is 13.6. The average Bonchev–Trinajstić information content (AvgIpc) is 3.48. The normalized spacial score (nSPS) is 29.0. The van der Waals surface area contributed by atoms with Gasteiger partial charge in [-0.1, -0.05) is 151 Å². The smallest absolute Gasteiger partial charge is 0.338 e. The van der Waals surface area contributed by atoms with Crippen molar-refractivity contribution < 1.29 is 66.4 Å². The maximum Gasteiger partial charge on any atom is 0.338 e.